The first-order valence-corrected chi connectivity index (χ1v) is 7.17. The highest BCUT2D eigenvalue weighted by Crippen LogP contribution is 2.35. The minimum Gasteiger partial charge on any atom is -0.494 e. The Morgan fingerprint density at radius 1 is 1.00 bits per heavy atom. The minimum atomic E-state index is 0.305. The topological polar surface area (TPSA) is 39.7 Å². The van der Waals surface area contributed by atoms with Crippen LogP contribution in [0.3, 0.4) is 0 Å². The van der Waals surface area contributed by atoms with Crippen molar-refractivity contribution < 1.29 is 14.2 Å². The summed E-state index contributed by atoms with van der Waals surface area (Å²) in [6.45, 7) is 4.45. The molecule has 2 aromatic carbocycles. The highest BCUT2D eigenvalue weighted by Gasteiger charge is 2.16. The number of rotatable bonds is 6. The average Bonchev–Trinajstić information content (AvgIpc) is 2.99. The summed E-state index contributed by atoms with van der Waals surface area (Å²) in [5.74, 6) is 2.61. The van der Waals surface area contributed by atoms with Gasteiger partial charge in [0.2, 0.25) is 6.79 Å². The first kappa shape index (κ1) is 13.8. The predicted octanol–water partition coefficient (Wildman–Crippen LogP) is 3.10. The predicted molar refractivity (Wildman–Crippen MR) is 80.7 cm³/mol. The fourth-order valence-corrected chi connectivity index (χ4v) is 2.41. The molecule has 0 atom stereocenters. The van der Waals surface area contributed by atoms with E-state index in [1.807, 2.05) is 37.3 Å². The van der Waals surface area contributed by atoms with Gasteiger partial charge in [0.1, 0.15) is 5.75 Å². The molecular formula is C17H19NO3. The standard InChI is InChI=1S/C17H19NO3/c1-2-19-15-8-4-3-6-13(15)10-18-11-14-7-5-9-16-17(14)21-12-20-16/h3-9,18H,2,10-12H2,1H3. The van der Waals surface area contributed by atoms with Gasteiger partial charge in [0.15, 0.2) is 11.5 Å². The van der Waals surface area contributed by atoms with Crippen LogP contribution in [0.5, 0.6) is 17.2 Å². The van der Waals surface area contributed by atoms with E-state index in [1.54, 1.807) is 0 Å². The van der Waals surface area contributed by atoms with Crippen molar-refractivity contribution in [3.8, 4) is 17.2 Å². The molecule has 4 nitrogen and oxygen atoms in total. The van der Waals surface area contributed by atoms with Crippen molar-refractivity contribution in [1.29, 1.82) is 0 Å². The summed E-state index contributed by atoms with van der Waals surface area (Å²) >= 11 is 0. The van der Waals surface area contributed by atoms with Gasteiger partial charge in [-0.3, -0.25) is 0 Å². The van der Waals surface area contributed by atoms with Gasteiger partial charge in [-0.15, -0.1) is 0 Å². The maximum atomic E-state index is 5.63. The summed E-state index contributed by atoms with van der Waals surface area (Å²) in [5.41, 5.74) is 2.27. The van der Waals surface area contributed by atoms with Crippen LogP contribution in [-0.4, -0.2) is 13.4 Å². The minimum absolute atomic E-state index is 0.305. The summed E-state index contributed by atoms with van der Waals surface area (Å²) in [5, 5.41) is 3.43. The average molecular weight is 285 g/mol. The van der Waals surface area contributed by atoms with Gasteiger partial charge in [-0.1, -0.05) is 30.3 Å². The Labute approximate surface area is 124 Å². The summed E-state index contributed by atoms with van der Waals surface area (Å²) in [7, 11) is 0. The van der Waals surface area contributed by atoms with Crippen molar-refractivity contribution in [3.63, 3.8) is 0 Å². The molecule has 0 saturated heterocycles. The van der Waals surface area contributed by atoms with E-state index in [4.69, 9.17) is 14.2 Å². The third-order valence-corrected chi connectivity index (χ3v) is 3.38. The summed E-state index contributed by atoms with van der Waals surface area (Å²) in [4.78, 5) is 0. The molecule has 4 heteroatoms. The molecule has 0 spiro atoms. The molecule has 0 fully saturated rings. The van der Waals surface area contributed by atoms with Crippen molar-refractivity contribution >= 4 is 0 Å². The Morgan fingerprint density at radius 3 is 2.71 bits per heavy atom. The molecule has 0 aromatic heterocycles. The molecule has 0 amide bonds. The number of benzene rings is 2. The lowest BCUT2D eigenvalue weighted by Crippen LogP contribution is -2.14. The third-order valence-electron chi connectivity index (χ3n) is 3.38. The number of hydrogen-bond acceptors (Lipinski definition) is 4. The molecule has 110 valence electrons. The lowest BCUT2D eigenvalue weighted by atomic mass is 10.1. The Kier molecular flexibility index (Phi) is 4.26. The number of hydrogen-bond donors (Lipinski definition) is 1. The monoisotopic (exact) mass is 285 g/mol. The van der Waals surface area contributed by atoms with Gasteiger partial charge in [-0.25, -0.2) is 0 Å². The molecule has 0 bridgehead atoms. The van der Waals surface area contributed by atoms with Gasteiger partial charge in [-0.05, 0) is 19.1 Å². The Bertz CT molecular complexity index is 613. The quantitative estimate of drug-likeness (QED) is 0.885. The fraction of sp³-hybridized carbons (Fsp3) is 0.294. The summed E-state index contributed by atoms with van der Waals surface area (Å²) in [6, 6.07) is 14.1. The molecule has 2 aromatic rings. The highest BCUT2D eigenvalue weighted by atomic mass is 16.7. The third kappa shape index (κ3) is 3.11. The molecule has 21 heavy (non-hydrogen) atoms. The molecule has 1 aliphatic heterocycles. The van der Waals surface area contributed by atoms with Crippen LogP contribution in [0, 0.1) is 0 Å². The first-order chi connectivity index (χ1) is 10.4. The van der Waals surface area contributed by atoms with E-state index < -0.39 is 0 Å². The normalized spacial score (nSPS) is 12.4. The zero-order chi connectivity index (χ0) is 14.5. The first-order valence-electron chi connectivity index (χ1n) is 7.17. The maximum Gasteiger partial charge on any atom is 0.231 e. The van der Waals surface area contributed by atoms with Crippen LogP contribution in [0.25, 0.3) is 0 Å². The van der Waals surface area contributed by atoms with Crippen molar-refractivity contribution in [1.82, 2.24) is 5.32 Å². The van der Waals surface area contributed by atoms with Crippen molar-refractivity contribution in [3.05, 3.63) is 53.6 Å². The van der Waals surface area contributed by atoms with Gasteiger partial charge in [0.05, 0.1) is 6.61 Å². The van der Waals surface area contributed by atoms with Gasteiger partial charge in [-0.2, -0.15) is 0 Å². The zero-order valence-corrected chi connectivity index (χ0v) is 12.1. The van der Waals surface area contributed by atoms with Crippen LogP contribution in [-0.2, 0) is 13.1 Å². The molecule has 0 saturated carbocycles. The van der Waals surface area contributed by atoms with Crippen LogP contribution < -0.4 is 19.5 Å². The molecule has 0 unspecified atom stereocenters. The molecule has 0 aliphatic carbocycles. The second-order valence-corrected chi connectivity index (χ2v) is 4.80. The van der Waals surface area contributed by atoms with Gasteiger partial charge in [0, 0.05) is 24.2 Å². The van der Waals surface area contributed by atoms with E-state index in [9.17, 15) is 0 Å². The number of para-hydroxylation sites is 2. The smallest absolute Gasteiger partial charge is 0.231 e. The van der Waals surface area contributed by atoms with E-state index >= 15 is 0 Å². The Morgan fingerprint density at radius 2 is 1.81 bits per heavy atom. The second kappa shape index (κ2) is 6.50. The van der Waals surface area contributed by atoms with E-state index in [-0.39, 0.29) is 0 Å². The fourth-order valence-electron chi connectivity index (χ4n) is 2.41. The molecule has 3 rings (SSSR count). The van der Waals surface area contributed by atoms with Crippen LogP contribution in [0.2, 0.25) is 0 Å². The van der Waals surface area contributed by atoms with Crippen LogP contribution in [0.15, 0.2) is 42.5 Å². The lowest BCUT2D eigenvalue weighted by Gasteiger charge is -2.11. The van der Waals surface area contributed by atoms with Crippen LogP contribution >= 0.6 is 0 Å². The van der Waals surface area contributed by atoms with Crippen molar-refractivity contribution in [2.75, 3.05) is 13.4 Å². The number of fused-ring (bicyclic) bond motifs is 1. The Balaban J connectivity index is 1.63. The molecule has 1 heterocycles. The Hall–Kier alpha value is -2.20. The number of ether oxygens (including phenoxy) is 3. The summed E-state index contributed by atoms with van der Waals surface area (Å²) in [6.07, 6.45) is 0. The molecule has 1 N–H and O–H groups in total. The van der Waals surface area contributed by atoms with Gasteiger partial charge in [0.25, 0.3) is 0 Å². The van der Waals surface area contributed by atoms with Crippen LogP contribution in [0.1, 0.15) is 18.1 Å². The molecule has 0 radical (unpaired) electrons. The zero-order valence-electron chi connectivity index (χ0n) is 12.1. The highest BCUT2D eigenvalue weighted by molar-refractivity contribution is 5.48. The molecular weight excluding hydrogens is 266 g/mol. The van der Waals surface area contributed by atoms with E-state index in [1.165, 1.54) is 0 Å². The lowest BCUT2D eigenvalue weighted by molar-refractivity contribution is 0.173. The number of nitrogens with one attached hydrogen (secondary N) is 1. The van der Waals surface area contributed by atoms with Crippen molar-refractivity contribution in [2.24, 2.45) is 0 Å². The van der Waals surface area contributed by atoms with Gasteiger partial charge >= 0.3 is 0 Å². The van der Waals surface area contributed by atoms with Crippen LogP contribution in [0.4, 0.5) is 0 Å². The van der Waals surface area contributed by atoms with E-state index in [2.05, 4.69) is 17.4 Å². The van der Waals surface area contributed by atoms with Gasteiger partial charge < -0.3 is 19.5 Å². The SMILES string of the molecule is CCOc1ccccc1CNCc1cccc2c1OCO2. The molecule has 1 aliphatic rings. The van der Waals surface area contributed by atoms with E-state index in [0.717, 1.165) is 41.5 Å². The van der Waals surface area contributed by atoms with E-state index in [0.29, 0.717) is 13.4 Å². The van der Waals surface area contributed by atoms with Crippen molar-refractivity contribution in [2.45, 2.75) is 20.0 Å². The summed E-state index contributed by atoms with van der Waals surface area (Å²) < 4.78 is 16.5. The second-order valence-electron chi connectivity index (χ2n) is 4.80. The maximum absolute atomic E-state index is 5.63. The largest absolute Gasteiger partial charge is 0.494 e.